The van der Waals surface area contributed by atoms with Gasteiger partial charge in [0.05, 0.1) is 4.90 Å². The molecule has 1 saturated heterocycles. The first-order valence-corrected chi connectivity index (χ1v) is 8.79. The monoisotopic (exact) mass is 311 g/mol. The summed E-state index contributed by atoms with van der Waals surface area (Å²) in [5, 5.41) is 8.14. The number of benzene rings is 1. The summed E-state index contributed by atoms with van der Waals surface area (Å²) in [4.78, 5) is 14.2. The summed E-state index contributed by atoms with van der Waals surface area (Å²) in [5.41, 5.74) is 0. The summed E-state index contributed by atoms with van der Waals surface area (Å²) in [6.45, 7) is 2.71. The molecule has 1 N–H and O–H groups in total. The lowest BCUT2D eigenvalue weighted by molar-refractivity contribution is -0.130. The van der Waals surface area contributed by atoms with Crippen molar-refractivity contribution in [1.82, 2.24) is 4.90 Å². The highest BCUT2D eigenvalue weighted by molar-refractivity contribution is 7.92. The van der Waals surface area contributed by atoms with Crippen LogP contribution in [0.2, 0.25) is 0 Å². The third-order valence-corrected chi connectivity index (χ3v) is 5.96. The number of likely N-dealkylation sites (tertiary alicyclic amines) is 1. The molecule has 0 aromatic heterocycles. The Morgan fingerprint density at radius 1 is 1.10 bits per heavy atom. The standard InChI is InChI=1S/C15H21NO4S/c1-12(15(18)16-10-4-2-3-5-11-16)21(19,20)14-8-6-13(17)7-9-14/h6-9,12,17H,2-5,10-11H2,1H3/t12-/m0/s1. The van der Waals surface area contributed by atoms with E-state index in [1.807, 2.05) is 0 Å². The third kappa shape index (κ3) is 3.56. The zero-order chi connectivity index (χ0) is 15.5. The van der Waals surface area contributed by atoms with Gasteiger partial charge < -0.3 is 10.0 Å². The van der Waals surface area contributed by atoms with Gasteiger partial charge in [-0.1, -0.05) is 12.8 Å². The van der Waals surface area contributed by atoms with E-state index in [4.69, 9.17) is 0 Å². The average Bonchev–Trinajstić information content (AvgIpc) is 2.75. The van der Waals surface area contributed by atoms with Crippen molar-refractivity contribution in [3.8, 4) is 5.75 Å². The van der Waals surface area contributed by atoms with E-state index in [9.17, 15) is 18.3 Å². The fraction of sp³-hybridized carbons (Fsp3) is 0.533. The molecule has 1 fully saturated rings. The van der Waals surface area contributed by atoms with Gasteiger partial charge >= 0.3 is 0 Å². The maximum atomic E-state index is 12.5. The number of carbonyl (C=O) groups is 1. The van der Waals surface area contributed by atoms with Crippen molar-refractivity contribution in [2.75, 3.05) is 13.1 Å². The van der Waals surface area contributed by atoms with Crippen LogP contribution in [0.5, 0.6) is 5.75 Å². The molecule has 6 heteroatoms. The van der Waals surface area contributed by atoms with Gasteiger partial charge in [0.15, 0.2) is 9.84 Å². The largest absolute Gasteiger partial charge is 0.508 e. The van der Waals surface area contributed by atoms with Crippen LogP contribution in [0.25, 0.3) is 0 Å². The number of nitrogens with zero attached hydrogens (tertiary/aromatic N) is 1. The first-order valence-electron chi connectivity index (χ1n) is 7.24. The van der Waals surface area contributed by atoms with Crippen LogP contribution >= 0.6 is 0 Å². The van der Waals surface area contributed by atoms with Crippen molar-refractivity contribution in [2.45, 2.75) is 42.8 Å². The Balaban J connectivity index is 2.18. The van der Waals surface area contributed by atoms with Crippen molar-refractivity contribution in [2.24, 2.45) is 0 Å². The summed E-state index contributed by atoms with van der Waals surface area (Å²) in [6.07, 6.45) is 4.03. The lowest BCUT2D eigenvalue weighted by Crippen LogP contribution is -2.42. The number of amides is 1. The molecule has 1 aromatic carbocycles. The Morgan fingerprint density at radius 3 is 2.14 bits per heavy atom. The molecule has 0 saturated carbocycles. The highest BCUT2D eigenvalue weighted by atomic mass is 32.2. The number of aromatic hydroxyl groups is 1. The molecule has 116 valence electrons. The van der Waals surface area contributed by atoms with Crippen molar-refractivity contribution in [1.29, 1.82) is 0 Å². The second-order valence-corrected chi connectivity index (χ2v) is 7.69. The topological polar surface area (TPSA) is 74.7 Å². The van der Waals surface area contributed by atoms with Crippen molar-refractivity contribution in [3.05, 3.63) is 24.3 Å². The molecule has 0 bridgehead atoms. The average molecular weight is 311 g/mol. The maximum absolute atomic E-state index is 12.5. The number of hydrogen-bond acceptors (Lipinski definition) is 4. The molecule has 0 unspecified atom stereocenters. The molecule has 1 atom stereocenters. The summed E-state index contributed by atoms with van der Waals surface area (Å²) >= 11 is 0. The number of sulfone groups is 1. The molecule has 1 aliphatic rings. The second kappa shape index (κ2) is 6.47. The fourth-order valence-corrected chi connectivity index (χ4v) is 3.86. The molecule has 0 spiro atoms. The molecular formula is C15H21NO4S. The number of hydrogen-bond donors (Lipinski definition) is 1. The van der Waals surface area contributed by atoms with Gasteiger partial charge in [0, 0.05) is 13.1 Å². The SMILES string of the molecule is C[C@@H](C(=O)N1CCCCCC1)S(=O)(=O)c1ccc(O)cc1. The summed E-state index contributed by atoms with van der Waals surface area (Å²) in [5.74, 6) is -0.328. The van der Waals surface area contributed by atoms with Crippen molar-refractivity contribution < 1.29 is 18.3 Å². The van der Waals surface area contributed by atoms with Gasteiger partial charge in [-0.15, -0.1) is 0 Å². The molecule has 2 rings (SSSR count). The third-order valence-electron chi connectivity index (χ3n) is 3.90. The number of phenols is 1. The van der Waals surface area contributed by atoms with E-state index in [0.717, 1.165) is 25.7 Å². The van der Waals surface area contributed by atoms with Gasteiger partial charge in [-0.25, -0.2) is 8.42 Å². The van der Waals surface area contributed by atoms with Gasteiger partial charge in [-0.3, -0.25) is 4.79 Å². The van der Waals surface area contributed by atoms with Gasteiger partial charge in [0.2, 0.25) is 5.91 Å². The zero-order valence-electron chi connectivity index (χ0n) is 12.2. The van der Waals surface area contributed by atoms with E-state index in [1.165, 1.54) is 31.2 Å². The molecule has 5 nitrogen and oxygen atoms in total. The Hall–Kier alpha value is -1.56. The van der Waals surface area contributed by atoms with Crippen LogP contribution < -0.4 is 0 Å². The predicted molar refractivity (Wildman–Crippen MR) is 79.8 cm³/mol. The lowest BCUT2D eigenvalue weighted by Gasteiger charge is -2.24. The molecule has 1 heterocycles. The van der Waals surface area contributed by atoms with Gasteiger partial charge in [0.1, 0.15) is 11.0 Å². The Kier molecular flexibility index (Phi) is 4.88. The Morgan fingerprint density at radius 2 is 1.62 bits per heavy atom. The summed E-state index contributed by atoms with van der Waals surface area (Å²) < 4.78 is 25.0. The normalized spacial score (nSPS) is 18.0. The molecule has 1 aromatic rings. The quantitative estimate of drug-likeness (QED) is 0.926. The van der Waals surface area contributed by atoms with Crippen LogP contribution in [-0.4, -0.2) is 42.7 Å². The Labute approximate surface area is 125 Å². The smallest absolute Gasteiger partial charge is 0.241 e. The number of phenolic OH excluding ortho intramolecular Hbond substituents is 1. The molecule has 1 amide bonds. The highest BCUT2D eigenvalue weighted by Gasteiger charge is 2.33. The number of carbonyl (C=O) groups excluding carboxylic acids is 1. The summed E-state index contributed by atoms with van der Waals surface area (Å²) in [7, 11) is -3.72. The Bertz CT molecular complexity index is 587. The van der Waals surface area contributed by atoms with E-state index in [-0.39, 0.29) is 16.6 Å². The minimum absolute atomic E-state index is 0.000415. The van der Waals surface area contributed by atoms with Gasteiger partial charge in [-0.05, 0) is 44.0 Å². The minimum atomic E-state index is -3.72. The van der Waals surface area contributed by atoms with E-state index >= 15 is 0 Å². The first kappa shape index (κ1) is 15.8. The first-order chi connectivity index (χ1) is 9.93. The molecule has 0 aliphatic carbocycles. The van der Waals surface area contributed by atoms with Crippen LogP contribution in [0.3, 0.4) is 0 Å². The van der Waals surface area contributed by atoms with Crippen LogP contribution in [0.15, 0.2) is 29.2 Å². The molecular weight excluding hydrogens is 290 g/mol. The second-order valence-electron chi connectivity index (χ2n) is 5.42. The van der Waals surface area contributed by atoms with Crippen molar-refractivity contribution >= 4 is 15.7 Å². The van der Waals surface area contributed by atoms with Crippen LogP contribution in [0, 0.1) is 0 Å². The van der Waals surface area contributed by atoms with Crippen LogP contribution in [0.1, 0.15) is 32.6 Å². The summed E-state index contributed by atoms with van der Waals surface area (Å²) in [6, 6.07) is 5.29. The van der Waals surface area contributed by atoms with Crippen LogP contribution in [-0.2, 0) is 14.6 Å². The zero-order valence-corrected chi connectivity index (χ0v) is 13.0. The number of rotatable bonds is 3. The maximum Gasteiger partial charge on any atom is 0.241 e. The molecule has 0 radical (unpaired) electrons. The predicted octanol–water partition coefficient (Wildman–Crippen LogP) is 1.96. The van der Waals surface area contributed by atoms with Gasteiger partial charge in [0.25, 0.3) is 0 Å². The van der Waals surface area contributed by atoms with E-state index in [1.54, 1.807) is 4.90 Å². The van der Waals surface area contributed by atoms with E-state index in [2.05, 4.69) is 0 Å². The lowest BCUT2D eigenvalue weighted by atomic mass is 10.2. The highest BCUT2D eigenvalue weighted by Crippen LogP contribution is 2.21. The minimum Gasteiger partial charge on any atom is -0.508 e. The van der Waals surface area contributed by atoms with Crippen LogP contribution in [0.4, 0.5) is 0 Å². The van der Waals surface area contributed by atoms with E-state index < -0.39 is 15.1 Å². The van der Waals surface area contributed by atoms with Gasteiger partial charge in [-0.2, -0.15) is 0 Å². The fourth-order valence-electron chi connectivity index (χ4n) is 2.52. The molecule has 1 aliphatic heterocycles. The molecule has 21 heavy (non-hydrogen) atoms. The van der Waals surface area contributed by atoms with E-state index in [0.29, 0.717) is 13.1 Å². The van der Waals surface area contributed by atoms with Crippen molar-refractivity contribution in [3.63, 3.8) is 0 Å².